The molecule has 2 heterocycles. The van der Waals surface area contributed by atoms with Crippen molar-refractivity contribution in [1.82, 2.24) is 15.5 Å². The third-order valence-corrected chi connectivity index (χ3v) is 9.95. The van der Waals surface area contributed by atoms with E-state index in [9.17, 15) is 9.59 Å². The molecule has 1 aromatic rings. The predicted molar refractivity (Wildman–Crippen MR) is 135 cm³/mol. The van der Waals surface area contributed by atoms with Gasteiger partial charge in [-0.1, -0.05) is 24.3 Å². The lowest BCUT2D eigenvalue weighted by Gasteiger charge is -2.55. The van der Waals surface area contributed by atoms with Gasteiger partial charge < -0.3 is 15.4 Å². The molecule has 1 aromatic carbocycles. The first-order valence-corrected chi connectivity index (χ1v) is 14.1. The maximum atomic E-state index is 14.1. The van der Waals surface area contributed by atoms with Crippen LogP contribution >= 0.6 is 0 Å². The number of nitrogens with one attached hydrogen (secondary N) is 2. The van der Waals surface area contributed by atoms with Crippen molar-refractivity contribution in [3.8, 4) is 0 Å². The summed E-state index contributed by atoms with van der Waals surface area (Å²) >= 11 is 0. The van der Waals surface area contributed by atoms with Crippen molar-refractivity contribution in [3.63, 3.8) is 0 Å². The lowest BCUT2D eigenvalue weighted by molar-refractivity contribution is -0.144. The minimum atomic E-state index is -0.335. The normalized spacial score (nSPS) is 35.0. The van der Waals surface area contributed by atoms with E-state index in [4.69, 9.17) is 4.74 Å². The molecular formula is C29H41N3O3. The van der Waals surface area contributed by atoms with Gasteiger partial charge in [-0.2, -0.15) is 0 Å². The van der Waals surface area contributed by atoms with Crippen molar-refractivity contribution in [2.24, 2.45) is 23.7 Å². The average Bonchev–Trinajstić information content (AvgIpc) is 2.85. The standard InChI is InChI=1S/C29H41N3O3/c1-2-35-25(33)7-12-32-18-29(8-10-30-11-9-29)24-6-4-3-5-23(24)27(32)28(34)31-26-21-14-19-13-20(16-21)17-22(26)15-19/h3-6,19-22,26-27,30H,2,7-18H2,1H3,(H,31,34). The molecule has 1 spiro atoms. The van der Waals surface area contributed by atoms with Crippen LogP contribution in [0.25, 0.3) is 0 Å². The van der Waals surface area contributed by atoms with Gasteiger partial charge >= 0.3 is 5.97 Å². The Bertz CT molecular complexity index is 928. The van der Waals surface area contributed by atoms with Crippen LogP contribution < -0.4 is 10.6 Å². The molecule has 0 aromatic heterocycles. The van der Waals surface area contributed by atoms with Crippen LogP contribution in [0.5, 0.6) is 0 Å². The van der Waals surface area contributed by atoms with Gasteiger partial charge in [-0.3, -0.25) is 14.5 Å². The highest BCUT2D eigenvalue weighted by Gasteiger charge is 2.51. The van der Waals surface area contributed by atoms with Gasteiger partial charge in [0.15, 0.2) is 0 Å². The number of hydrogen-bond donors (Lipinski definition) is 2. The fourth-order valence-electron chi connectivity index (χ4n) is 8.70. The second kappa shape index (κ2) is 9.51. The van der Waals surface area contributed by atoms with E-state index in [1.807, 2.05) is 6.92 Å². The number of ether oxygens (including phenoxy) is 1. The Balaban J connectivity index is 1.29. The lowest BCUT2D eigenvalue weighted by atomic mass is 9.54. The van der Waals surface area contributed by atoms with Gasteiger partial charge in [-0.25, -0.2) is 0 Å². The monoisotopic (exact) mass is 479 g/mol. The summed E-state index contributed by atoms with van der Waals surface area (Å²) in [5, 5.41) is 7.11. The molecule has 6 heteroatoms. The van der Waals surface area contributed by atoms with Crippen LogP contribution in [-0.2, 0) is 19.7 Å². The van der Waals surface area contributed by atoms with E-state index >= 15 is 0 Å². The fraction of sp³-hybridized carbons (Fsp3) is 0.724. The molecule has 190 valence electrons. The molecule has 4 aliphatic carbocycles. The van der Waals surface area contributed by atoms with Gasteiger partial charge in [-0.05, 0) is 99.8 Å². The minimum Gasteiger partial charge on any atom is -0.466 e. The Kier molecular flexibility index (Phi) is 6.38. The summed E-state index contributed by atoms with van der Waals surface area (Å²) < 4.78 is 5.24. The van der Waals surface area contributed by atoms with E-state index in [0.29, 0.717) is 37.5 Å². The molecule has 1 saturated heterocycles. The summed E-state index contributed by atoms with van der Waals surface area (Å²) in [4.78, 5) is 28.7. The molecule has 2 N–H and O–H groups in total. The summed E-state index contributed by atoms with van der Waals surface area (Å²) in [5.74, 6) is 3.05. The van der Waals surface area contributed by atoms with Gasteiger partial charge in [0, 0.05) is 24.5 Å². The Morgan fingerprint density at radius 3 is 2.43 bits per heavy atom. The average molecular weight is 480 g/mol. The van der Waals surface area contributed by atoms with E-state index in [-0.39, 0.29) is 23.3 Å². The van der Waals surface area contributed by atoms with Crippen molar-refractivity contribution < 1.29 is 14.3 Å². The van der Waals surface area contributed by atoms with Crippen LogP contribution in [0, 0.1) is 23.7 Å². The number of hydrogen-bond acceptors (Lipinski definition) is 5. The van der Waals surface area contributed by atoms with E-state index in [1.54, 1.807) is 0 Å². The van der Waals surface area contributed by atoms with Crippen molar-refractivity contribution in [1.29, 1.82) is 0 Å². The number of rotatable bonds is 6. The molecule has 1 unspecified atom stereocenters. The highest BCUT2D eigenvalue weighted by atomic mass is 16.5. The molecule has 6 nitrogen and oxygen atoms in total. The zero-order chi connectivity index (χ0) is 24.0. The molecule has 4 bridgehead atoms. The quantitative estimate of drug-likeness (QED) is 0.611. The van der Waals surface area contributed by atoms with Gasteiger partial charge in [0.05, 0.1) is 13.0 Å². The van der Waals surface area contributed by atoms with Crippen LogP contribution in [0.3, 0.4) is 0 Å². The highest BCUT2D eigenvalue weighted by Crippen LogP contribution is 2.54. The Labute approximate surface area is 209 Å². The molecule has 1 atom stereocenters. The molecule has 4 saturated carbocycles. The number of nitrogens with zero attached hydrogens (tertiary/aromatic N) is 1. The molecular weight excluding hydrogens is 438 g/mol. The number of amides is 1. The Morgan fingerprint density at radius 2 is 1.74 bits per heavy atom. The van der Waals surface area contributed by atoms with Crippen LogP contribution in [0.4, 0.5) is 0 Å². The second-order valence-electron chi connectivity index (χ2n) is 12.0. The fourth-order valence-corrected chi connectivity index (χ4v) is 8.70. The summed E-state index contributed by atoms with van der Waals surface area (Å²) in [5.41, 5.74) is 2.53. The van der Waals surface area contributed by atoms with Gasteiger partial charge in [0.2, 0.25) is 5.91 Å². The molecule has 7 rings (SSSR count). The van der Waals surface area contributed by atoms with Crippen LogP contribution in [0.2, 0.25) is 0 Å². The second-order valence-corrected chi connectivity index (χ2v) is 12.0. The summed E-state index contributed by atoms with van der Waals surface area (Å²) in [6, 6.07) is 8.61. The first-order valence-electron chi connectivity index (χ1n) is 14.1. The molecule has 5 fully saturated rings. The van der Waals surface area contributed by atoms with Crippen molar-refractivity contribution in [2.75, 3.05) is 32.8 Å². The highest BCUT2D eigenvalue weighted by molar-refractivity contribution is 5.85. The number of esters is 1. The summed E-state index contributed by atoms with van der Waals surface area (Å²) in [6.07, 6.45) is 9.04. The maximum absolute atomic E-state index is 14.1. The van der Waals surface area contributed by atoms with Gasteiger partial charge in [0.1, 0.15) is 6.04 Å². The van der Waals surface area contributed by atoms with E-state index in [1.165, 1.54) is 37.7 Å². The topological polar surface area (TPSA) is 70.7 Å². The molecule has 1 amide bonds. The Hall–Kier alpha value is -1.92. The summed E-state index contributed by atoms with van der Waals surface area (Å²) in [6.45, 7) is 5.61. The molecule has 35 heavy (non-hydrogen) atoms. The van der Waals surface area contributed by atoms with Gasteiger partial charge in [-0.15, -0.1) is 0 Å². The number of carbonyl (C=O) groups excluding carboxylic acids is 2. The van der Waals surface area contributed by atoms with Crippen molar-refractivity contribution in [3.05, 3.63) is 35.4 Å². The first kappa shape index (κ1) is 23.5. The molecule has 6 aliphatic rings. The third-order valence-electron chi connectivity index (χ3n) is 9.95. The van der Waals surface area contributed by atoms with Crippen LogP contribution in [0.15, 0.2) is 24.3 Å². The number of benzene rings is 1. The zero-order valence-electron chi connectivity index (χ0n) is 21.1. The van der Waals surface area contributed by atoms with Gasteiger partial charge in [0.25, 0.3) is 0 Å². The third kappa shape index (κ3) is 4.31. The predicted octanol–water partition coefficient (Wildman–Crippen LogP) is 3.56. The molecule has 2 aliphatic heterocycles. The van der Waals surface area contributed by atoms with Crippen LogP contribution in [0.1, 0.15) is 75.5 Å². The largest absolute Gasteiger partial charge is 0.466 e. The number of piperidine rings is 1. The molecule has 0 radical (unpaired) electrons. The van der Waals surface area contributed by atoms with E-state index in [2.05, 4.69) is 39.8 Å². The van der Waals surface area contributed by atoms with Crippen molar-refractivity contribution >= 4 is 11.9 Å². The van der Waals surface area contributed by atoms with E-state index < -0.39 is 0 Å². The minimum absolute atomic E-state index is 0.0376. The van der Waals surface area contributed by atoms with E-state index in [0.717, 1.165) is 49.9 Å². The number of fused-ring (bicyclic) bond motifs is 2. The SMILES string of the molecule is CCOC(=O)CCN1CC2(CCNCC2)c2ccccc2C1C(=O)NC1C2CC3CC(C2)CC1C3. The number of carbonyl (C=O) groups is 2. The van der Waals surface area contributed by atoms with Crippen LogP contribution in [-0.4, -0.2) is 55.6 Å². The smallest absolute Gasteiger partial charge is 0.307 e. The van der Waals surface area contributed by atoms with Crippen molar-refractivity contribution in [2.45, 2.75) is 75.8 Å². The summed E-state index contributed by atoms with van der Waals surface area (Å²) in [7, 11) is 0. The maximum Gasteiger partial charge on any atom is 0.307 e. The lowest BCUT2D eigenvalue weighted by Crippen LogP contribution is -2.60. The Morgan fingerprint density at radius 1 is 1.06 bits per heavy atom. The first-order chi connectivity index (χ1) is 17.1. The zero-order valence-corrected chi connectivity index (χ0v) is 21.1.